The van der Waals surface area contributed by atoms with Crippen LogP contribution in [0.5, 0.6) is 0 Å². The average molecular weight is 415 g/mol. The Labute approximate surface area is 173 Å². The molecule has 4 fully saturated rings. The van der Waals surface area contributed by atoms with Crippen molar-refractivity contribution in [3.8, 4) is 0 Å². The number of nitrogens with one attached hydrogen (secondary N) is 2. The van der Waals surface area contributed by atoms with Crippen molar-refractivity contribution in [2.24, 2.45) is 23.2 Å². The van der Waals surface area contributed by atoms with Crippen LogP contribution >= 0.6 is 0 Å². The minimum Gasteiger partial charge on any atom is -0.455 e. The molecule has 1 aromatic rings. The zero-order valence-electron chi connectivity index (χ0n) is 16.6. The predicted molar refractivity (Wildman–Crippen MR) is 105 cm³/mol. The molecule has 4 bridgehead atoms. The molecule has 0 spiro atoms. The third-order valence-electron chi connectivity index (χ3n) is 6.70. The van der Waals surface area contributed by atoms with Gasteiger partial charge >= 0.3 is 5.97 Å². The van der Waals surface area contributed by atoms with E-state index in [0.717, 1.165) is 37.0 Å². The van der Waals surface area contributed by atoms with Crippen LogP contribution in [-0.2, 0) is 14.3 Å². The van der Waals surface area contributed by atoms with Crippen molar-refractivity contribution in [2.75, 3.05) is 6.61 Å². The minimum absolute atomic E-state index is 0.0481. The third kappa shape index (κ3) is 4.44. The Morgan fingerprint density at radius 2 is 1.57 bits per heavy atom. The Balaban J connectivity index is 1.20. The van der Waals surface area contributed by atoms with E-state index < -0.39 is 23.3 Å². The number of hydrogen-bond acceptors (Lipinski definition) is 6. The van der Waals surface area contributed by atoms with Gasteiger partial charge in [-0.05, 0) is 73.8 Å². The fourth-order valence-electron chi connectivity index (χ4n) is 5.98. The van der Waals surface area contributed by atoms with Crippen molar-refractivity contribution in [2.45, 2.75) is 44.9 Å². The quantitative estimate of drug-likeness (QED) is 0.417. The number of ether oxygens (including phenoxy) is 1. The van der Waals surface area contributed by atoms with Gasteiger partial charge in [0.2, 0.25) is 0 Å². The van der Waals surface area contributed by atoms with Crippen molar-refractivity contribution in [1.29, 1.82) is 0 Å². The highest BCUT2D eigenvalue weighted by Crippen LogP contribution is 2.61. The van der Waals surface area contributed by atoms with E-state index in [1.807, 2.05) is 0 Å². The second-order valence-corrected chi connectivity index (χ2v) is 9.06. The molecule has 2 amide bonds. The Hall–Kier alpha value is -2.97. The molecule has 0 saturated heterocycles. The number of nitrogens with zero attached hydrogens (tertiary/aromatic N) is 1. The molecule has 30 heavy (non-hydrogen) atoms. The maximum absolute atomic E-state index is 12.3. The van der Waals surface area contributed by atoms with E-state index in [1.54, 1.807) is 0 Å². The summed E-state index contributed by atoms with van der Waals surface area (Å²) in [5.41, 5.74) is 4.44. The number of hydrogen-bond donors (Lipinski definition) is 2. The summed E-state index contributed by atoms with van der Waals surface area (Å²) in [4.78, 5) is 46.3. The lowest BCUT2D eigenvalue weighted by Crippen LogP contribution is -2.47. The van der Waals surface area contributed by atoms with E-state index in [-0.39, 0.29) is 22.6 Å². The maximum atomic E-state index is 12.3. The summed E-state index contributed by atoms with van der Waals surface area (Å²) in [6.07, 6.45) is 7.52. The molecular formula is C21H25N3O6. The molecule has 160 valence electrons. The molecule has 0 heterocycles. The van der Waals surface area contributed by atoms with Crippen LogP contribution < -0.4 is 10.9 Å². The van der Waals surface area contributed by atoms with Crippen molar-refractivity contribution >= 4 is 23.5 Å². The number of carbonyl (C=O) groups is 3. The molecule has 2 N–H and O–H groups in total. The van der Waals surface area contributed by atoms with Crippen LogP contribution in [0.2, 0.25) is 0 Å². The number of hydrazine groups is 1. The summed E-state index contributed by atoms with van der Waals surface area (Å²) in [5.74, 6) is 0.571. The lowest BCUT2D eigenvalue weighted by molar-refractivity contribution is -0.384. The van der Waals surface area contributed by atoms with Gasteiger partial charge in [0.25, 0.3) is 17.5 Å². The third-order valence-corrected chi connectivity index (χ3v) is 6.70. The summed E-state index contributed by atoms with van der Waals surface area (Å²) >= 11 is 0. The Bertz CT molecular complexity index is 831. The SMILES string of the molecule is O=C(COC(=O)CC12CC3CC(CC(C3)C1)C2)NNC(=O)c1ccc([N+](=O)[O-])cc1. The van der Waals surface area contributed by atoms with E-state index in [9.17, 15) is 24.5 Å². The van der Waals surface area contributed by atoms with Gasteiger partial charge in [0.05, 0.1) is 11.3 Å². The second kappa shape index (κ2) is 8.04. The highest BCUT2D eigenvalue weighted by Gasteiger charge is 2.51. The summed E-state index contributed by atoms with van der Waals surface area (Å²) in [5, 5.41) is 10.6. The van der Waals surface area contributed by atoms with Gasteiger partial charge in [-0.15, -0.1) is 0 Å². The van der Waals surface area contributed by atoms with Crippen LogP contribution in [0.3, 0.4) is 0 Å². The zero-order chi connectivity index (χ0) is 21.3. The second-order valence-electron chi connectivity index (χ2n) is 9.06. The first-order valence-electron chi connectivity index (χ1n) is 10.3. The molecule has 9 heteroatoms. The topological polar surface area (TPSA) is 128 Å². The lowest BCUT2D eigenvalue weighted by atomic mass is 9.49. The number of nitro groups is 1. The summed E-state index contributed by atoms with van der Waals surface area (Å²) in [6, 6.07) is 4.96. The van der Waals surface area contributed by atoms with Crippen molar-refractivity contribution in [3.63, 3.8) is 0 Å². The summed E-state index contributed by atoms with van der Waals surface area (Å²) in [6.45, 7) is -0.467. The van der Waals surface area contributed by atoms with Gasteiger partial charge in [-0.25, -0.2) is 0 Å². The van der Waals surface area contributed by atoms with Gasteiger partial charge in [-0.1, -0.05) is 0 Å². The van der Waals surface area contributed by atoms with E-state index in [1.165, 1.54) is 43.5 Å². The van der Waals surface area contributed by atoms with Gasteiger partial charge in [-0.2, -0.15) is 0 Å². The molecular weight excluding hydrogens is 390 g/mol. The van der Waals surface area contributed by atoms with Crippen LogP contribution in [0.15, 0.2) is 24.3 Å². The van der Waals surface area contributed by atoms with E-state index >= 15 is 0 Å². The van der Waals surface area contributed by atoms with Crippen molar-refractivity contribution < 1.29 is 24.0 Å². The molecule has 0 aromatic heterocycles. The molecule has 0 radical (unpaired) electrons. The van der Waals surface area contributed by atoms with Gasteiger partial charge in [0, 0.05) is 17.7 Å². The van der Waals surface area contributed by atoms with Crippen LogP contribution in [0.4, 0.5) is 5.69 Å². The van der Waals surface area contributed by atoms with Crippen molar-refractivity contribution in [1.82, 2.24) is 10.9 Å². The monoisotopic (exact) mass is 415 g/mol. The summed E-state index contributed by atoms with van der Waals surface area (Å²) in [7, 11) is 0. The van der Waals surface area contributed by atoms with Crippen LogP contribution in [0.25, 0.3) is 0 Å². The van der Waals surface area contributed by atoms with Crippen LogP contribution in [0.1, 0.15) is 55.3 Å². The molecule has 1 aromatic carbocycles. The fraction of sp³-hybridized carbons (Fsp3) is 0.571. The number of esters is 1. The van der Waals surface area contributed by atoms with Gasteiger partial charge in [0.15, 0.2) is 6.61 Å². The van der Waals surface area contributed by atoms with E-state index in [0.29, 0.717) is 6.42 Å². The Morgan fingerprint density at radius 1 is 1.00 bits per heavy atom. The number of benzene rings is 1. The number of amides is 2. The van der Waals surface area contributed by atoms with Gasteiger partial charge in [0.1, 0.15) is 0 Å². The minimum atomic E-state index is -0.649. The maximum Gasteiger partial charge on any atom is 0.306 e. The molecule has 9 nitrogen and oxygen atoms in total. The Kier molecular flexibility index (Phi) is 5.44. The van der Waals surface area contributed by atoms with E-state index in [2.05, 4.69) is 10.9 Å². The van der Waals surface area contributed by atoms with Crippen LogP contribution in [0, 0.1) is 33.3 Å². The van der Waals surface area contributed by atoms with E-state index in [4.69, 9.17) is 4.74 Å². The standard InChI is InChI=1S/C21H25N3O6/c25-18(22-23-20(27)16-1-3-17(4-2-16)24(28)29)12-30-19(26)11-21-8-13-5-14(9-21)7-15(6-13)10-21/h1-4,13-15H,5-12H2,(H,22,25)(H,23,27). The van der Waals surface area contributed by atoms with Gasteiger partial charge in [-0.3, -0.25) is 35.3 Å². The largest absolute Gasteiger partial charge is 0.455 e. The Morgan fingerprint density at radius 3 is 2.10 bits per heavy atom. The molecule has 4 saturated carbocycles. The average Bonchev–Trinajstić information content (AvgIpc) is 2.69. The molecule has 5 rings (SSSR count). The lowest BCUT2D eigenvalue weighted by Gasteiger charge is -2.56. The van der Waals surface area contributed by atoms with Crippen molar-refractivity contribution in [3.05, 3.63) is 39.9 Å². The number of non-ortho nitro benzene ring substituents is 1. The summed E-state index contributed by atoms with van der Waals surface area (Å²) < 4.78 is 5.15. The molecule has 4 aliphatic rings. The number of rotatable bonds is 6. The fourth-order valence-corrected chi connectivity index (χ4v) is 5.98. The van der Waals surface area contributed by atoms with Crippen LogP contribution in [-0.4, -0.2) is 29.3 Å². The molecule has 4 aliphatic carbocycles. The highest BCUT2D eigenvalue weighted by atomic mass is 16.6. The first-order chi connectivity index (χ1) is 14.3. The number of nitro benzene ring substituents is 1. The zero-order valence-corrected chi connectivity index (χ0v) is 16.6. The number of carbonyl (C=O) groups excluding carboxylic acids is 3. The molecule has 0 unspecified atom stereocenters. The smallest absolute Gasteiger partial charge is 0.306 e. The molecule has 0 atom stereocenters. The van der Waals surface area contributed by atoms with Gasteiger partial charge < -0.3 is 4.74 Å². The first kappa shape index (κ1) is 20.3. The normalized spacial score (nSPS) is 28.6. The predicted octanol–water partition coefficient (Wildman–Crippen LogP) is 2.51. The first-order valence-corrected chi connectivity index (χ1v) is 10.3. The molecule has 0 aliphatic heterocycles. The highest BCUT2D eigenvalue weighted by molar-refractivity contribution is 5.95.